The molecule has 1 aliphatic carbocycles. The van der Waals surface area contributed by atoms with Crippen LogP contribution in [0.3, 0.4) is 0 Å². The summed E-state index contributed by atoms with van der Waals surface area (Å²) in [4.78, 5) is 13.7. The van der Waals surface area contributed by atoms with Crippen LogP contribution in [0.5, 0.6) is 0 Å². The molecule has 0 unspecified atom stereocenters. The molecule has 0 bridgehead atoms. The summed E-state index contributed by atoms with van der Waals surface area (Å²) in [6.07, 6.45) is 6.63. The van der Waals surface area contributed by atoms with Crippen molar-refractivity contribution >= 4 is 11.5 Å². The van der Waals surface area contributed by atoms with Gasteiger partial charge in [0.25, 0.3) is 0 Å². The Hall–Kier alpha value is -1.31. The van der Waals surface area contributed by atoms with Gasteiger partial charge in [-0.2, -0.15) is 0 Å². The van der Waals surface area contributed by atoms with Gasteiger partial charge in [-0.05, 0) is 62.8 Å². The van der Waals surface area contributed by atoms with Gasteiger partial charge in [-0.25, -0.2) is 0 Å². The van der Waals surface area contributed by atoms with E-state index in [0.717, 1.165) is 11.5 Å². The van der Waals surface area contributed by atoms with E-state index in [-0.39, 0.29) is 5.78 Å². The Kier molecular flexibility index (Phi) is 4.62. The summed E-state index contributed by atoms with van der Waals surface area (Å²) in [6.45, 7) is 3.92. The monoisotopic (exact) mass is 259 g/mol. The fourth-order valence-electron chi connectivity index (χ4n) is 3.08. The highest BCUT2D eigenvalue weighted by atomic mass is 16.1. The standard InChI is InChI=1S/C17H25NO/c1-4-14-5-9-16(10-6-14)18(3)17-11-7-15(8-12-17)13(2)19/h7-8,11-12,14,16H,4-6,9-10H2,1-3H3. The predicted octanol–water partition coefficient (Wildman–Crippen LogP) is 4.29. The third-order valence-electron chi connectivity index (χ3n) is 4.62. The molecule has 0 aliphatic heterocycles. The van der Waals surface area contributed by atoms with Gasteiger partial charge in [0.15, 0.2) is 5.78 Å². The lowest BCUT2D eigenvalue weighted by Crippen LogP contribution is -2.35. The second-order valence-electron chi connectivity index (χ2n) is 5.80. The zero-order chi connectivity index (χ0) is 13.8. The van der Waals surface area contributed by atoms with E-state index in [4.69, 9.17) is 0 Å². The molecule has 0 atom stereocenters. The van der Waals surface area contributed by atoms with Gasteiger partial charge in [0.1, 0.15) is 0 Å². The molecule has 19 heavy (non-hydrogen) atoms. The number of hydrogen-bond acceptors (Lipinski definition) is 2. The van der Waals surface area contributed by atoms with E-state index in [0.29, 0.717) is 6.04 Å². The highest BCUT2D eigenvalue weighted by Crippen LogP contribution is 2.31. The van der Waals surface area contributed by atoms with E-state index >= 15 is 0 Å². The Bertz CT molecular complexity index is 415. The van der Waals surface area contributed by atoms with Crippen molar-refractivity contribution in [2.45, 2.75) is 52.0 Å². The summed E-state index contributed by atoms with van der Waals surface area (Å²) < 4.78 is 0. The summed E-state index contributed by atoms with van der Waals surface area (Å²) in [5, 5.41) is 0. The lowest BCUT2D eigenvalue weighted by atomic mass is 9.84. The molecule has 2 nitrogen and oxygen atoms in total. The fourth-order valence-corrected chi connectivity index (χ4v) is 3.08. The largest absolute Gasteiger partial charge is 0.372 e. The zero-order valence-corrected chi connectivity index (χ0v) is 12.4. The topological polar surface area (TPSA) is 20.3 Å². The minimum atomic E-state index is 0.137. The van der Waals surface area contributed by atoms with Crippen LogP contribution in [0.15, 0.2) is 24.3 Å². The number of ketones is 1. The summed E-state index contributed by atoms with van der Waals surface area (Å²) in [5.74, 6) is 1.07. The summed E-state index contributed by atoms with van der Waals surface area (Å²) >= 11 is 0. The first kappa shape index (κ1) is 14.1. The van der Waals surface area contributed by atoms with Gasteiger partial charge in [-0.3, -0.25) is 4.79 Å². The smallest absolute Gasteiger partial charge is 0.159 e. The number of Topliss-reactive ketones (excluding diaryl/α,β-unsaturated/α-hetero) is 1. The maximum atomic E-state index is 11.3. The van der Waals surface area contributed by atoms with E-state index in [2.05, 4.69) is 31.0 Å². The van der Waals surface area contributed by atoms with Crippen molar-refractivity contribution in [3.8, 4) is 0 Å². The van der Waals surface area contributed by atoms with Crippen LogP contribution in [-0.2, 0) is 0 Å². The average Bonchev–Trinajstić information content (AvgIpc) is 2.46. The van der Waals surface area contributed by atoms with Crippen molar-refractivity contribution < 1.29 is 4.79 Å². The van der Waals surface area contributed by atoms with Gasteiger partial charge in [-0.1, -0.05) is 13.3 Å². The maximum absolute atomic E-state index is 11.3. The first-order valence-electron chi connectivity index (χ1n) is 7.45. The van der Waals surface area contributed by atoms with E-state index in [1.807, 2.05) is 12.1 Å². The van der Waals surface area contributed by atoms with Gasteiger partial charge in [0.05, 0.1) is 0 Å². The number of benzene rings is 1. The van der Waals surface area contributed by atoms with Crippen molar-refractivity contribution in [1.82, 2.24) is 0 Å². The van der Waals surface area contributed by atoms with E-state index in [9.17, 15) is 4.79 Å². The highest BCUT2D eigenvalue weighted by Gasteiger charge is 2.23. The van der Waals surface area contributed by atoms with Gasteiger partial charge in [0.2, 0.25) is 0 Å². The Morgan fingerprint density at radius 2 is 1.74 bits per heavy atom. The molecular weight excluding hydrogens is 234 g/mol. The molecule has 0 spiro atoms. The first-order chi connectivity index (χ1) is 9.11. The quantitative estimate of drug-likeness (QED) is 0.752. The van der Waals surface area contributed by atoms with Gasteiger partial charge < -0.3 is 4.90 Å². The summed E-state index contributed by atoms with van der Waals surface area (Å²) in [7, 11) is 2.18. The molecular formula is C17H25NO. The number of carbonyl (C=O) groups is 1. The van der Waals surface area contributed by atoms with Crippen LogP contribution < -0.4 is 4.90 Å². The lowest BCUT2D eigenvalue weighted by molar-refractivity contribution is 0.101. The zero-order valence-electron chi connectivity index (χ0n) is 12.4. The summed E-state index contributed by atoms with van der Waals surface area (Å²) in [5.41, 5.74) is 2.02. The van der Waals surface area contributed by atoms with Crippen molar-refractivity contribution in [3.05, 3.63) is 29.8 Å². The van der Waals surface area contributed by atoms with Crippen LogP contribution >= 0.6 is 0 Å². The molecule has 0 radical (unpaired) electrons. The Morgan fingerprint density at radius 1 is 1.16 bits per heavy atom. The third-order valence-corrected chi connectivity index (χ3v) is 4.62. The van der Waals surface area contributed by atoms with Crippen LogP contribution in [0.2, 0.25) is 0 Å². The Labute approximate surface area is 116 Å². The normalized spacial score (nSPS) is 23.1. The van der Waals surface area contributed by atoms with Gasteiger partial charge in [-0.15, -0.1) is 0 Å². The minimum absolute atomic E-state index is 0.137. The molecule has 104 valence electrons. The lowest BCUT2D eigenvalue weighted by Gasteiger charge is -2.35. The fraction of sp³-hybridized carbons (Fsp3) is 0.588. The van der Waals surface area contributed by atoms with Crippen molar-refractivity contribution in [2.24, 2.45) is 5.92 Å². The third kappa shape index (κ3) is 3.37. The predicted molar refractivity (Wildman–Crippen MR) is 80.9 cm³/mol. The number of rotatable bonds is 4. The SMILES string of the molecule is CCC1CCC(N(C)c2ccc(C(C)=O)cc2)CC1. The van der Waals surface area contributed by atoms with Crippen molar-refractivity contribution in [3.63, 3.8) is 0 Å². The molecule has 2 rings (SSSR count). The minimum Gasteiger partial charge on any atom is -0.372 e. The van der Waals surface area contributed by atoms with Crippen LogP contribution in [-0.4, -0.2) is 18.9 Å². The highest BCUT2D eigenvalue weighted by molar-refractivity contribution is 5.94. The summed E-state index contributed by atoms with van der Waals surface area (Å²) in [6, 6.07) is 8.68. The van der Waals surface area contributed by atoms with Crippen molar-refractivity contribution in [1.29, 1.82) is 0 Å². The average molecular weight is 259 g/mol. The van der Waals surface area contributed by atoms with E-state index < -0.39 is 0 Å². The Morgan fingerprint density at radius 3 is 2.21 bits per heavy atom. The van der Waals surface area contributed by atoms with Crippen LogP contribution in [0.4, 0.5) is 5.69 Å². The van der Waals surface area contributed by atoms with Crippen molar-refractivity contribution in [2.75, 3.05) is 11.9 Å². The number of hydrogen-bond donors (Lipinski definition) is 0. The molecule has 1 saturated carbocycles. The number of carbonyl (C=O) groups excluding carboxylic acids is 1. The maximum Gasteiger partial charge on any atom is 0.159 e. The van der Waals surface area contributed by atoms with Crippen LogP contribution in [0.25, 0.3) is 0 Å². The molecule has 1 aromatic rings. The Balaban J connectivity index is 1.99. The molecule has 0 N–H and O–H groups in total. The molecule has 0 aromatic heterocycles. The van der Waals surface area contributed by atoms with E-state index in [1.165, 1.54) is 37.8 Å². The second-order valence-corrected chi connectivity index (χ2v) is 5.80. The first-order valence-corrected chi connectivity index (χ1v) is 7.45. The van der Waals surface area contributed by atoms with Crippen LogP contribution in [0, 0.1) is 5.92 Å². The van der Waals surface area contributed by atoms with Crippen LogP contribution in [0.1, 0.15) is 56.3 Å². The number of anilines is 1. The number of nitrogens with zero attached hydrogens (tertiary/aromatic N) is 1. The van der Waals surface area contributed by atoms with E-state index in [1.54, 1.807) is 6.92 Å². The molecule has 0 saturated heterocycles. The second kappa shape index (κ2) is 6.23. The molecule has 2 heteroatoms. The van der Waals surface area contributed by atoms with Gasteiger partial charge in [0, 0.05) is 24.3 Å². The van der Waals surface area contributed by atoms with Gasteiger partial charge >= 0.3 is 0 Å². The molecule has 1 fully saturated rings. The molecule has 0 heterocycles. The molecule has 0 amide bonds. The molecule has 1 aromatic carbocycles. The molecule has 1 aliphatic rings.